The van der Waals surface area contributed by atoms with Gasteiger partial charge in [-0.1, -0.05) is 13.5 Å². The molecule has 1 saturated heterocycles. The van der Waals surface area contributed by atoms with Gasteiger partial charge in [-0.2, -0.15) is 0 Å². The highest BCUT2D eigenvalue weighted by atomic mass is 16.6. The number of hydrogen-bond donors (Lipinski definition) is 1. The zero-order valence-corrected chi connectivity index (χ0v) is 6.89. The molecule has 11 heavy (non-hydrogen) atoms. The number of nitrogens with one attached hydrogen (secondary N) is 1. The minimum Gasteiger partial charge on any atom is -0.441 e. The highest BCUT2D eigenvalue weighted by Gasteiger charge is 2.41. The normalized spacial score (nSPS) is 36.9. The average molecular weight is 155 g/mol. The van der Waals surface area contributed by atoms with E-state index in [1.165, 1.54) is 0 Å². The van der Waals surface area contributed by atoms with E-state index in [4.69, 9.17) is 4.74 Å². The maximum absolute atomic E-state index is 11.2. The summed E-state index contributed by atoms with van der Waals surface area (Å²) in [5.74, 6) is -0.190. The van der Waals surface area contributed by atoms with Gasteiger partial charge in [0.25, 0.3) is 0 Å². The van der Waals surface area contributed by atoms with E-state index in [9.17, 15) is 4.79 Å². The van der Waals surface area contributed by atoms with E-state index in [0.717, 1.165) is 6.42 Å². The first kappa shape index (κ1) is 8.27. The summed E-state index contributed by atoms with van der Waals surface area (Å²) in [7, 11) is 0. The maximum atomic E-state index is 11.2. The van der Waals surface area contributed by atoms with Gasteiger partial charge in [-0.25, -0.2) is 4.79 Å². The zero-order chi connectivity index (χ0) is 8.48. The Labute approximate surface area is 66.4 Å². The molecule has 1 fully saturated rings. The summed E-state index contributed by atoms with van der Waals surface area (Å²) in [4.78, 5) is 11.2. The molecule has 1 heterocycles. The number of rotatable bonds is 2. The summed E-state index contributed by atoms with van der Waals surface area (Å²) in [5, 5.41) is 3.03. The molecule has 0 saturated carbocycles. The molecular formula is C8H13NO2. The van der Waals surface area contributed by atoms with Gasteiger partial charge in [0.05, 0.1) is 0 Å². The minimum absolute atomic E-state index is 0.190. The van der Waals surface area contributed by atoms with Gasteiger partial charge in [0.2, 0.25) is 0 Å². The van der Waals surface area contributed by atoms with E-state index in [1.54, 1.807) is 6.08 Å². The minimum atomic E-state index is -0.515. The Kier molecular flexibility index (Phi) is 2.00. The lowest BCUT2D eigenvalue weighted by Crippen LogP contribution is -2.43. The van der Waals surface area contributed by atoms with Gasteiger partial charge < -0.3 is 4.74 Å². The number of ether oxygens (including phenoxy) is 1. The molecule has 1 aliphatic rings. The van der Waals surface area contributed by atoms with Crippen LogP contribution in [0.2, 0.25) is 0 Å². The third-order valence-corrected chi connectivity index (χ3v) is 2.07. The van der Waals surface area contributed by atoms with Crippen molar-refractivity contribution in [3.8, 4) is 0 Å². The number of carbonyl (C=O) groups excluding carboxylic acids is 1. The largest absolute Gasteiger partial charge is 0.441 e. The Hall–Kier alpha value is -0.830. The van der Waals surface area contributed by atoms with Crippen molar-refractivity contribution in [2.45, 2.75) is 32.0 Å². The van der Waals surface area contributed by atoms with Crippen LogP contribution in [0, 0.1) is 0 Å². The van der Waals surface area contributed by atoms with E-state index in [1.807, 2.05) is 13.8 Å². The number of hydrogen-bond acceptors (Lipinski definition) is 3. The molecule has 1 rings (SSSR count). The topological polar surface area (TPSA) is 38.3 Å². The Balaban J connectivity index is 2.72. The summed E-state index contributed by atoms with van der Waals surface area (Å²) in [6.07, 6.45) is 2.00. The molecule has 0 bridgehead atoms. The fourth-order valence-electron chi connectivity index (χ4n) is 1.00. The van der Waals surface area contributed by atoms with Crippen LogP contribution in [0.1, 0.15) is 20.3 Å². The van der Waals surface area contributed by atoms with Crippen molar-refractivity contribution in [2.75, 3.05) is 0 Å². The average Bonchev–Trinajstić information content (AvgIpc) is 2.29. The van der Waals surface area contributed by atoms with Crippen molar-refractivity contribution in [1.82, 2.24) is 5.32 Å². The smallest absolute Gasteiger partial charge is 0.327 e. The SMILES string of the molecule is C=CC1NC(C)(CC)C(=O)O1. The van der Waals surface area contributed by atoms with Crippen molar-refractivity contribution in [3.05, 3.63) is 12.7 Å². The molecule has 3 heteroatoms. The van der Waals surface area contributed by atoms with Crippen LogP contribution in [-0.4, -0.2) is 17.7 Å². The highest BCUT2D eigenvalue weighted by Crippen LogP contribution is 2.20. The van der Waals surface area contributed by atoms with Gasteiger partial charge in [0.15, 0.2) is 6.23 Å². The molecule has 0 aromatic heterocycles. The van der Waals surface area contributed by atoms with Crippen LogP contribution in [-0.2, 0) is 9.53 Å². The van der Waals surface area contributed by atoms with E-state index in [-0.39, 0.29) is 12.2 Å². The quantitative estimate of drug-likeness (QED) is 0.474. The Morgan fingerprint density at radius 1 is 1.91 bits per heavy atom. The van der Waals surface area contributed by atoms with Gasteiger partial charge in [0, 0.05) is 0 Å². The first-order valence-electron chi connectivity index (χ1n) is 3.73. The van der Waals surface area contributed by atoms with Gasteiger partial charge >= 0.3 is 5.97 Å². The van der Waals surface area contributed by atoms with Crippen LogP contribution in [0.3, 0.4) is 0 Å². The molecule has 1 N–H and O–H groups in total. The second-order valence-electron chi connectivity index (χ2n) is 2.89. The molecular weight excluding hydrogens is 142 g/mol. The van der Waals surface area contributed by atoms with Crippen molar-refractivity contribution in [3.63, 3.8) is 0 Å². The monoisotopic (exact) mass is 155 g/mol. The van der Waals surface area contributed by atoms with E-state index in [0.29, 0.717) is 0 Å². The second-order valence-corrected chi connectivity index (χ2v) is 2.89. The summed E-state index contributed by atoms with van der Waals surface area (Å²) in [6, 6.07) is 0. The van der Waals surface area contributed by atoms with Crippen molar-refractivity contribution < 1.29 is 9.53 Å². The van der Waals surface area contributed by atoms with Crippen LogP contribution in [0.5, 0.6) is 0 Å². The molecule has 3 nitrogen and oxygen atoms in total. The fraction of sp³-hybridized carbons (Fsp3) is 0.625. The molecule has 1 aliphatic heterocycles. The Morgan fingerprint density at radius 3 is 2.82 bits per heavy atom. The molecule has 0 radical (unpaired) electrons. The van der Waals surface area contributed by atoms with Crippen LogP contribution in [0.25, 0.3) is 0 Å². The fourth-order valence-corrected chi connectivity index (χ4v) is 1.00. The lowest BCUT2D eigenvalue weighted by atomic mass is 10.0. The summed E-state index contributed by atoms with van der Waals surface area (Å²) < 4.78 is 4.95. The second kappa shape index (κ2) is 2.66. The third kappa shape index (κ3) is 1.28. The number of esters is 1. The molecule has 0 aromatic carbocycles. The molecule has 0 amide bonds. The lowest BCUT2D eigenvalue weighted by Gasteiger charge is -2.16. The van der Waals surface area contributed by atoms with Crippen LogP contribution < -0.4 is 5.32 Å². The predicted octanol–water partition coefficient (Wildman–Crippen LogP) is 0.814. The zero-order valence-electron chi connectivity index (χ0n) is 6.89. The van der Waals surface area contributed by atoms with Crippen LogP contribution in [0.15, 0.2) is 12.7 Å². The summed E-state index contributed by atoms with van der Waals surface area (Å²) in [6.45, 7) is 7.31. The van der Waals surface area contributed by atoms with Gasteiger partial charge in [0.1, 0.15) is 5.54 Å². The summed E-state index contributed by atoms with van der Waals surface area (Å²) >= 11 is 0. The number of cyclic esters (lactones) is 1. The van der Waals surface area contributed by atoms with Gasteiger partial charge in [-0.15, -0.1) is 0 Å². The molecule has 0 aromatic rings. The summed E-state index contributed by atoms with van der Waals surface area (Å²) in [5.41, 5.74) is -0.515. The van der Waals surface area contributed by atoms with Crippen LogP contribution in [0.4, 0.5) is 0 Å². The van der Waals surface area contributed by atoms with Gasteiger partial charge in [-0.3, -0.25) is 5.32 Å². The molecule has 2 unspecified atom stereocenters. The highest BCUT2D eigenvalue weighted by molar-refractivity contribution is 5.82. The van der Waals surface area contributed by atoms with Crippen molar-refractivity contribution in [2.24, 2.45) is 0 Å². The Bertz CT molecular complexity index is 191. The number of carbonyl (C=O) groups is 1. The maximum Gasteiger partial charge on any atom is 0.327 e. The predicted molar refractivity (Wildman–Crippen MR) is 41.9 cm³/mol. The van der Waals surface area contributed by atoms with Crippen molar-refractivity contribution in [1.29, 1.82) is 0 Å². The molecule has 2 atom stereocenters. The molecule has 62 valence electrons. The third-order valence-electron chi connectivity index (χ3n) is 2.07. The molecule has 0 spiro atoms. The lowest BCUT2D eigenvalue weighted by molar-refractivity contribution is -0.143. The van der Waals surface area contributed by atoms with E-state index < -0.39 is 5.54 Å². The first-order valence-corrected chi connectivity index (χ1v) is 3.73. The van der Waals surface area contributed by atoms with Crippen LogP contribution >= 0.6 is 0 Å². The van der Waals surface area contributed by atoms with E-state index >= 15 is 0 Å². The van der Waals surface area contributed by atoms with Crippen molar-refractivity contribution >= 4 is 5.97 Å². The first-order chi connectivity index (χ1) is 5.12. The standard InChI is InChI=1S/C8H13NO2/c1-4-6-9-8(3,5-2)7(10)11-6/h4,6,9H,1,5H2,2-3H3. The Morgan fingerprint density at radius 2 is 2.55 bits per heavy atom. The van der Waals surface area contributed by atoms with E-state index in [2.05, 4.69) is 11.9 Å². The molecule has 0 aliphatic carbocycles. The van der Waals surface area contributed by atoms with Gasteiger partial charge in [-0.05, 0) is 19.4 Å².